The summed E-state index contributed by atoms with van der Waals surface area (Å²) in [5, 5.41) is 11.2. The molecule has 1 amide bonds. The average Bonchev–Trinajstić information content (AvgIpc) is 2.58. The summed E-state index contributed by atoms with van der Waals surface area (Å²) >= 11 is 0. The van der Waals surface area contributed by atoms with Crippen molar-refractivity contribution in [1.29, 1.82) is 5.26 Å². The largest absolute Gasteiger partial charge is 0.465 e. The minimum Gasteiger partial charge on any atom is -0.465 e. The minimum absolute atomic E-state index is 0.0182. The van der Waals surface area contributed by atoms with Crippen molar-refractivity contribution in [3.63, 3.8) is 0 Å². The Morgan fingerprint density at radius 3 is 2.14 bits per heavy atom. The molecule has 0 fully saturated rings. The van der Waals surface area contributed by atoms with Crippen molar-refractivity contribution in [2.45, 2.75) is 5.72 Å². The van der Waals surface area contributed by atoms with E-state index in [1.54, 1.807) is 0 Å². The van der Waals surface area contributed by atoms with Crippen molar-refractivity contribution in [2.24, 2.45) is 0 Å². The van der Waals surface area contributed by atoms with Gasteiger partial charge in [0.1, 0.15) is 6.07 Å². The number of methoxy groups -OCH3 is 3. The Hall–Kier alpha value is -2.92. The molecule has 1 atom stereocenters. The van der Waals surface area contributed by atoms with Crippen LogP contribution in [0.25, 0.3) is 0 Å². The highest BCUT2D eigenvalue weighted by molar-refractivity contribution is 6.06. The van der Waals surface area contributed by atoms with Gasteiger partial charge in [-0.15, -0.1) is 0 Å². The molecule has 8 nitrogen and oxygen atoms in total. The van der Waals surface area contributed by atoms with Crippen LogP contribution >= 0.6 is 0 Å². The fourth-order valence-corrected chi connectivity index (χ4v) is 1.64. The van der Waals surface area contributed by atoms with Gasteiger partial charge in [-0.2, -0.15) is 5.26 Å². The zero-order chi connectivity index (χ0) is 16.8. The standard InChI is InChI=1S/C14H14N2O6/c1-20-12(18)10-7-5-4-6-9(10)11(17)16-14(8-15,22-3)13(19)21-2/h4-7H,1-3H3,(H,16,17)/t14-/m0/s1. The van der Waals surface area contributed by atoms with E-state index in [4.69, 9.17) is 10.00 Å². The number of rotatable bonds is 5. The molecule has 0 saturated carbocycles. The highest BCUT2D eigenvalue weighted by atomic mass is 16.6. The van der Waals surface area contributed by atoms with Crippen LogP contribution in [0.15, 0.2) is 24.3 Å². The van der Waals surface area contributed by atoms with Crippen molar-refractivity contribution in [2.75, 3.05) is 21.3 Å². The maximum Gasteiger partial charge on any atom is 0.375 e. The summed E-state index contributed by atoms with van der Waals surface area (Å²) in [6, 6.07) is 7.31. The summed E-state index contributed by atoms with van der Waals surface area (Å²) in [5.41, 5.74) is -2.40. The molecule has 0 saturated heterocycles. The Morgan fingerprint density at radius 2 is 1.68 bits per heavy atom. The van der Waals surface area contributed by atoms with Gasteiger partial charge in [0.15, 0.2) is 0 Å². The summed E-state index contributed by atoms with van der Waals surface area (Å²) in [5.74, 6) is -2.69. The first-order valence-electron chi connectivity index (χ1n) is 6.00. The maximum atomic E-state index is 12.3. The zero-order valence-corrected chi connectivity index (χ0v) is 12.2. The van der Waals surface area contributed by atoms with E-state index in [-0.39, 0.29) is 11.1 Å². The molecule has 0 unspecified atom stereocenters. The third-order valence-corrected chi connectivity index (χ3v) is 2.80. The first kappa shape index (κ1) is 17.1. The van der Waals surface area contributed by atoms with E-state index < -0.39 is 23.6 Å². The van der Waals surface area contributed by atoms with Gasteiger partial charge >= 0.3 is 17.7 Å². The molecule has 0 radical (unpaired) electrons. The van der Waals surface area contributed by atoms with Gasteiger partial charge in [0, 0.05) is 7.11 Å². The molecule has 0 aliphatic rings. The van der Waals surface area contributed by atoms with Crippen LogP contribution in [-0.2, 0) is 19.0 Å². The second kappa shape index (κ2) is 7.19. The van der Waals surface area contributed by atoms with E-state index in [1.807, 2.05) is 0 Å². The lowest BCUT2D eigenvalue weighted by atomic mass is 10.1. The van der Waals surface area contributed by atoms with Crippen LogP contribution < -0.4 is 5.32 Å². The van der Waals surface area contributed by atoms with Gasteiger partial charge in [-0.1, -0.05) is 12.1 Å². The van der Waals surface area contributed by atoms with Gasteiger partial charge in [0.05, 0.1) is 25.3 Å². The number of hydrogen-bond acceptors (Lipinski definition) is 7. The third kappa shape index (κ3) is 3.21. The first-order chi connectivity index (χ1) is 10.5. The lowest BCUT2D eigenvalue weighted by Gasteiger charge is -2.23. The highest BCUT2D eigenvalue weighted by Crippen LogP contribution is 2.14. The predicted octanol–water partition coefficient (Wildman–Crippen LogP) is 0.242. The van der Waals surface area contributed by atoms with Gasteiger partial charge in [0.25, 0.3) is 5.91 Å². The maximum absolute atomic E-state index is 12.3. The van der Waals surface area contributed by atoms with Gasteiger partial charge in [-0.25, -0.2) is 9.59 Å². The zero-order valence-electron chi connectivity index (χ0n) is 12.2. The van der Waals surface area contributed by atoms with Crippen LogP contribution in [0, 0.1) is 11.3 Å². The van der Waals surface area contributed by atoms with Crippen LogP contribution in [0.4, 0.5) is 0 Å². The molecule has 0 aromatic heterocycles. The summed E-state index contributed by atoms with van der Waals surface area (Å²) < 4.78 is 13.8. The number of benzene rings is 1. The summed E-state index contributed by atoms with van der Waals surface area (Å²) in [6.45, 7) is 0. The highest BCUT2D eigenvalue weighted by Gasteiger charge is 2.43. The number of nitrogens with zero attached hydrogens (tertiary/aromatic N) is 1. The summed E-state index contributed by atoms with van der Waals surface area (Å²) in [4.78, 5) is 35.6. The molecule has 1 N–H and O–H groups in total. The van der Waals surface area contributed by atoms with Crippen LogP contribution in [0.3, 0.4) is 0 Å². The van der Waals surface area contributed by atoms with E-state index in [0.717, 1.165) is 14.2 Å². The molecule has 0 aliphatic carbocycles. The smallest absolute Gasteiger partial charge is 0.375 e. The molecule has 1 aromatic carbocycles. The predicted molar refractivity (Wildman–Crippen MR) is 72.6 cm³/mol. The van der Waals surface area contributed by atoms with Crippen LogP contribution in [0.5, 0.6) is 0 Å². The molecule has 8 heteroatoms. The fraction of sp³-hybridized carbons (Fsp3) is 0.286. The second-order valence-corrected chi connectivity index (χ2v) is 3.98. The van der Waals surface area contributed by atoms with Crippen LogP contribution in [-0.4, -0.2) is 44.9 Å². The van der Waals surface area contributed by atoms with E-state index in [1.165, 1.54) is 37.4 Å². The molecule has 0 heterocycles. The Kier molecular flexibility index (Phi) is 5.60. The van der Waals surface area contributed by atoms with E-state index in [2.05, 4.69) is 14.8 Å². The van der Waals surface area contributed by atoms with Gasteiger partial charge < -0.3 is 19.5 Å². The van der Waals surface area contributed by atoms with Crippen molar-refractivity contribution >= 4 is 17.8 Å². The van der Waals surface area contributed by atoms with Gasteiger partial charge in [-0.3, -0.25) is 4.79 Å². The molecule has 22 heavy (non-hydrogen) atoms. The Balaban J connectivity index is 3.20. The Labute approximate surface area is 126 Å². The number of amides is 1. The van der Waals surface area contributed by atoms with Gasteiger partial charge in [0.2, 0.25) is 0 Å². The summed E-state index contributed by atoms with van der Waals surface area (Å²) in [7, 11) is 3.27. The molecule has 0 spiro atoms. The van der Waals surface area contributed by atoms with E-state index in [9.17, 15) is 14.4 Å². The third-order valence-electron chi connectivity index (χ3n) is 2.80. The molecule has 1 aromatic rings. The normalized spacial score (nSPS) is 12.5. The van der Waals surface area contributed by atoms with Crippen molar-refractivity contribution < 1.29 is 28.6 Å². The molecule has 1 rings (SSSR count). The fourth-order valence-electron chi connectivity index (χ4n) is 1.64. The van der Waals surface area contributed by atoms with Crippen molar-refractivity contribution in [3.05, 3.63) is 35.4 Å². The average molecular weight is 306 g/mol. The van der Waals surface area contributed by atoms with E-state index >= 15 is 0 Å². The van der Waals surface area contributed by atoms with Gasteiger partial charge in [-0.05, 0) is 12.1 Å². The lowest BCUT2D eigenvalue weighted by molar-refractivity contribution is -0.161. The molecular formula is C14H14N2O6. The number of carbonyl (C=O) groups is 3. The number of nitriles is 1. The lowest BCUT2D eigenvalue weighted by Crippen LogP contribution is -2.55. The Morgan fingerprint density at radius 1 is 1.09 bits per heavy atom. The topological polar surface area (TPSA) is 115 Å². The number of carbonyl (C=O) groups excluding carboxylic acids is 3. The number of ether oxygens (including phenoxy) is 3. The Bertz CT molecular complexity index is 636. The van der Waals surface area contributed by atoms with E-state index in [0.29, 0.717) is 0 Å². The first-order valence-corrected chi connectivity index (χ1v) is 6.00. The van der Waals surface area contributed by atoms with Crippen molar-refractivity contribution in [3.8, 4) is 6.07 Å². The van der Waals surface area contributed by atoms with Crippen LogP contribution in [0.1, 0.15) is 20.7 Å². The minimum atomic E-state index is -2.31. The number of nitrogens with one attached hydrogen (secondary N) is 1. The number of hydrogen-bond donors (Lipinski definition) is 1. The summed E-state index contributed by atoms with van der Waals surface area (Å²) in [6.07, 6.45) is 0. The molecule has 0 bridgehead atoms. The number of esters is 2. The second-order valence-electron chi connectivity index (χ2n) is 3.98. The van der Waals surface area contributed by atoms with Crippen molar-refractivity contribution in [1.82, 2.24) is 5.32 Å². The van der Waals surface area contributed by atoms with Crippen LogP contribution in [0.2, 0.25) is 0 Å². The monoisotopic (exact) mass is 306 g/mol. The molecule has 116 valence electrons. The SMILES string of the molecule is COC(=O)c1ccccc1C(=O)N[C@@](C#N)(OC)C(=O)OC. The molecular weight excluding hydrogens is 292 g/mol. The molecule has 0 aliphatic heterocycles. The quantitative estimate of drug-likeness (QED) is 0.612.